The van der Waals surface area contributed by atoms with E-state index in [0.29, 0.717) is 25.6 Å². The van der Waals surface area contributed by atoms with Crippen LogP contribution in [0, 0.1) is 12.8 Å². The van der Waals surface area contributed by atoms with Gasteiger partial charge < -0.3 is 10.2 Å². The van der Waals surface area contributed by atoms with Crippen LogP contribution in [0.2, 0.25) is 0 Å². The molecule has 2 aliphatic rings. The highest BCUT2D eigenvalue weighted by atomic mass is 16.2. The first kappa shape index (κ1) is 22.5. The molecule has 1 atom stereocenters. The number of nitrogens with zero attached hydrogens (tertiary/aromatic N) is 2. The molecule has 0 radical (unpaired) electrons. The van der Waals surface area contributed by atoms with E-state index < -0.39 is 0 Å². The predicted molar refractivity (Wildman–Crippen MR) is 128 cm³/mol. The van der Waals surface area contributed by atoms with Gasteiger partial charge in [-0.15, -0.1) is 0 Å². The summed E-state index contributed by atoms with van der Waals surface area (Å²) in [7, 11) is 0. The van der Waals surface area contributed by atoms with Crippen molar-refractivity contribution < 1.29 is 9.59 Å². The van der Waals surface area contributed by atoms with Gasteiger partial charge in [0.15, 0.2) is 0 Å². The van der Waals surface area contributed by atoms with Crippen LogP contribution >= 0.6 is 0 Å². The first-order valence-corrected chi connectivity index (χ1v) is 12.0. The van der Waals surface area contributed by atoms with Crippen molar-refractivity contribution in [3.05, 3.63) is 71.3 Å². The van der Waals surface area contributed by atoms with Crippen molar-refractivity contribution in [2.75, 3.05) is 32.7 Å². The molecule has 1 aliphatic heterocycles. The predicted octanol–water partition coefficient (Wildman–Crippen LogP) is 3.67. The van der Waals surface area contributed by atoms with Crippen molar-refractivity contribution in [1.82, 2.24) is 15.1 Å². The number of carbonyl (C=O) groups excluding carboxylic acids is 2. The van der Waals surface area contributed by atoms with Gasteiger partial charge in [-0.1, -0.05) is 60.9 Å². The zero-order valence-corrected chi connectivity index (χ0v) is 19.1. The molecule has 1 unspecified atom stereocenters. The summed E-state index contributed by atoms with van der Waals surface area (Å²) in [6, 6.07) is 18.0. The summed E-state index contributed by atoms with van der Waals surface area (Å²) in [5.41, 5.74) is 3.15. The smallest absolute Gasteiger partial charge is 0.253 e. The summed E-state index contributed by atoms with van der Waals surface area (Å²) in [5.74, 6) is 0.673. The summed E-state index contributed by atoms with van der Waals surface area (Å²) in [6.07, 6.45) is 5.52. The third kappa shape index (κ3) is 5.57. The number of hydrogen-bond donors (Lipinski definition) is 1. The van der Waals surface area contributed by atoms with Crippen LogP contribution in [0.25, 0.3) is 0 Å². The average Bonchev–Trinajstić information content (AvgIpc) is 3.35. The summed E-state index contributed by atoms with van der Waals surface area (Å²) < 4.78 is 0. The number of carbonyl (C=O) groups is 2. The Balaban J connectivity index is 1.34. The van der Waals surface area contributed by atoms with Gasteiger partial charge in [-0.2, -0.15) is 0 Å². The third-order valence-electron chi connectivity index (χ3n) is 6.96. The zero-order chi connectivity index (χ0) is 22.3. The molecular formula is C27H35N3O2. The van der Waals surface area contributed by atoms with Crippen LogP contribution in [-0.2, 0) is 11.2 Å². The summed E-state index contributed by atoms with van der Waals surface area (Å²) >= 11 is 0. The molecule has 2 amide bonds. The Labute approximate surface area is 191 Å². The lowest BCUT2D eigenvalue weighted by Gasteiger charge is -2.40. The van der Waals surface area contributed by atoms with Gasteiger partial charge in [-0.25, -0.2) is 0 Å². The van der Waals surface area contributed by atoms with Gasteiger partial charge in [-0.3, -0.25) is 14.5 Å². The van der Waals surface area contributed by atoms with Crippen LogP contribution in [0.5, 0.6) is 0 Å². The Kier molecular flexibility index (Phi) is 7.59. The topological polar surface area (TPSA) is 52.7 Å². The van der Waals surface area contributed by atoms with Gasteiger partial charge in [0, 0.05) is 38.3 Å². The van der Waals surface area contributed by atoms with Crippen LogP contribution < -0.4 is 5.32 Å². The van der Waals surface area contributed by atoms with Gasteiger partial charge >= 0.3 is 0 Å². The summed E-state index contributed by atoms with van der Waals surface area (Å²) in [5, 5.41) is 3.21. The van der Waals surface area contributed by atoms with E-state index in [4.69, 9.17) is 0 Å². The number of nitrogens with one attached hydrogen (secondary N) is 1. The van der Waals surface area contributed by atoms with E-state index in [1.807, 2.05) is 54.3 Å². The van der Waals surface area contributed by atoms with Crippen LogP contribution in [0.1, 0.15) is 47.2 Å². The van der Waals surface area contributed by atoms with E-state index in [1.54, 1.807) is 0 Å². The lowest BCUT2D eigenvalue weighted by Crippen LogP contribution is -2.58. The molecule has 2 fully saturated rings. The van der Waals surface area contributed by atoms with Crippen LogP contribution in [-0.4, -0.2) is 60.4 Å². The fourth-order valence-corrected chi connectivity index (χ4v) is 5.11. The van der Waals surface area contributed by atoms with Gasteiger partial charge in [0.25, 0.3) is 5.91 Å². The maximum Gasteiger partial charge on any atom is 0.253 e. The average molecular weight is 434 g/mol. The molecule has 1 saturated carbocycles. The minimum atomic E-state index is -0.0788. The minimum Gasteiger partial charge on any atom is -0.354 e. The highest BCUT2D eigenvalue weighted by Crippen LogP contribution is 2.31. The maximum atomic E-state index is 13.3. The highest BCUT2D eigenvalue weighted by molar-refractivity contribution is 5.94. The van der Waals surface area contributed by atoms with Crippen LogP contribution in [0.15, 0.2) is 54.6 Å². The Morgan fingerprint density at radius 1 is 0.938 bits per heavy atom. The van der Waals surface area contributed by atoms with Crippen molar-refractivity contribution in [3.63, 3.8) is 0 Å². The SMILES string of the molecule is Cc1ccc(C(=O)N2CCN(C(C(=O)NCCc3ccccc3)C3CCCC3)CC2)cc1. The summed E-state index contributed by atoms with van der Waals surface area (Å²) in [6.45, 7) is 5.55. The van der Waals surface area contributed by atoms with Crippen molar-refractivity contribution in [2.24, 2.45) is 5.92 Å². The molecule has 1 saturated heterocycles. The first-order valence-electron chi connectivity index (χ1n) is 12.0. The molecule has 5 heteroatoms. The summed E-state index contributed by atoms with van der Waals surface area (Å²) in [4.78, 5) is 30.4. The minimum absolute atomic E-state index is 0.0788. The van der Waals surface area contributed by atoms with Crippen LogP contribution in [0.4, 0.5) is 0 Å². The Morgan fingerprint density at radius 3 is 2.25 bits per heavy atom. The molecule has 0 bridgehead atoms. The largest absolute Gasteiger partial charge is 0.354 e. The maximum absolute atomic E-state index is 13.3. The molecule has 0 spiro atoms. The molecule has 1 aliphatic carbocycles. The number of piperazine rings is 1. The van der Waals surface area contributed by atoms with Crippen molar-refractivity contribution in [3.8, 4) is 0 Å². The fraction of sp³-hybridized carbons (Fsp3) is 0.481. The second kappa shape index (κ2) is 10.8. The Morgan fingerprint density at radius 2 is 1.59 bits per heavy atom. The second-order valence-corrected chi connectivity index (χ2v) is 9.21. The highest BCUT2D eigenvalue weighted by Gasteiger charge is 2.37. The Bertz CT molecular complexity index is 883. The number of aryl methyl sites for hydroxylation is 1. The van der Waals surface area contributed by atoms with E-state index in [0.717, 1.165) is 43.5 Å². The van der Waals surface area contributed by atoms with Crippen molar-refractivity contribution >= 4 is 11.8 Å². The molecule has 32 heavy (non-hydrogen) atoms. The molecule has 5 nitrogen and oxygen atoms in total. The van der Waals surface area contributed by atoms with Crippen LogP contribution in [0.3, 0.4) is 0 Å². The molecule has 1 N–H and O–H groups in total. The van der Waals surface area contributed by atoms with E-state index >= 15 is 0 Å². The van der Waals surface area contributed by atoms with Gasteiger partial charge in [0.05, 0.1) is 6.04 Å². The second-order valence-electron chi connectivity index (χ2n) is 9.21. The number of rotatable bonds is 7. The van der Waals surface area contributed by atoms with Gasteiger partial charge in [-0.05, 0) is 49.8 Å². The fourth-order valence-electron chi connectivity index (χ4n) is 5.11. The monoisotopic (exact) mass is 433 g/mol. The van der Waals surface area contributed by atoms with Gasteiger partial charge in [0.2, 0.25) is 5.91 Å². The lowest BCUT2D eigenvalue weighted by molar-refractivity contribution is -0.129. The quantitative estimate of drug-likeness (QED) is 0.725. The van der Waals surface area contributed by atoms with E-state index in [2.05, 4.69) is 22.3 Å². The number of hydrogen-bond acceptors (Lipinski definition) is 3. The van der Waals surface area contributed by atoms with E-state index in [9.17, 15) is 9.59 Å². The van der Waals surface area contributed by atoms with Gasteiger partial charge in [0.1, 0.15) is 0 Å². The molecule has 4 rings (SSSR count). The van der Waals surface area contributed by atoms with E-state index in [-0.39, 0.29) is 17.9 Å². The van der Waals surface area contributed by atoms with E-state index in [1.165, 1.54) is 18.4 Å². The molecule has 2 aromatic rings. The third-order valence-corrected chi connectivity index (χ3v) is 6.96. The Hall–Kier alpha value is -2.66. The van der Waals surface area contributed by atoms with Crippen molar-refractivity contribution in [2.45, 2.75) is 45.1 Å². The lowest BCUT2D eigenvalue weighted by atomic mass is 9.94. The zero-order valence-electron chi connectivity index (χ0n) is 19.1. The standard InChI is InChI=1S/C27H35N3O2/c1-21-11-13-24(14-12-21)27(32)30-19-17-29(18-20-30)25(23-9-5-6-10-23)26(31)28-16-15-22-7-3-2-4-8-22/h2-4,7-8,11-14,23,25H,5-6,9-10,15-20H2,1H3,(H,28,31). The molecular weight excluding hydrogens is 398 g/mol. The normalized spacial score (nSPS) is 18.5. The first-order chi connectivity index (χ1) is 15.6. The molecule has 0 aromatic heterocycles. The number of benzene rings is 2. The molecule has 170 valence electrons. The molecule has 1 heterocycles. The number of amides is 2. The molecule has 2 aromatic carbocycles. The van der Waals surface area contributed by atoms with Crippen molar-refractivity contribution in [1.29, 1.82) is 0 Å².